The highest BCUT2D eigenvalue weighted by Gasteiger charge is 2.05. The lowest BCUT2D eigenvalue weighted by atomic mass is 9.94. The van der Waals surface area contributed by atoms with E-state index in [0.29, 0.717) is 11.3 Å². The highest BCUT2D eigenvalue weighted by Crippen LogP contribution is 2.24. The molecule has 3 N–H and O–H groups in total. The smallest absolute Gasteiger partial charge is 0.266 e. The van der Waals surface area contributed by atoms with E-state index in [2.05, 4.69) is 25.7 Å². The molecule has 102 valence electrons. The summed E-state index contributed by atoms with van der Waals surface area (Å²) >= 11 is 5.85. The number of phenols is 1. The number of hydrogen-bond acceptors (Lipinski definition) is 7. The molecule has 0 fully saturated rings. The zero-order chi connectivity index (χ0) is 14.7. The number of benzene rings is 1. The Morgan fingerprint density at radius 1 is 1.35 bits per heavy atom. The Kier molecular flexibility index (Phi) is 4.04. The quantitative estimate of drug-likeness (QED) is 0.416. The van der Waals surface area contributed by atoms with Crippen LogP contribution in [0, 0.1) is 6.92 Å². The van der Waals surface area contributed by atoms with Crippen molar-refractivity contribution in [3.63, 3.8) is 0 Å². The molecule has 7 nitrogen and oxygen atoms in total. The van der Waals surface area contributed by atoms with Crippen LogP contribution >= 0.6 is 11.6 Å². The van der Waals surface area contributed by atoms with E-state index in [-0.39, 0.29) is 22.6 Å². The summed E-state index contributed by atoms with van der Waals surface area (Å²) in [5, 5.41) is 30.6. The van der Waals surface area contributed by atoms with Gasteiger partial charge in [-0.25, -0.2) is 5.43 Å². The van der Waals surface area contributed by atoms with Gasteiger partial charge in [-0.15, -0.1) is 10.2 Å². The maximum Gasteiger partial charge on any atom is 0.266 e. The van der Waals surface area contributed by atoms with Gasteiger partial charge in [-0.2, -0.15) is 10.1 Å². The van der Waals surface area contributed by atoms with Gasteiger partial charge in [0.1, 0.15) is 19.3 Å². The lowest BCUT2D eigenvalue weighted by Crippen LogP contribution is -2.04. The molecule has 0 saturated carbocycles. The van der Waals surface area contributed by atoms with Gasteiger partial charge in [-0.1, -0.05) is 23.1 Å². The summed E-state index contributed by atoms with van der Waals surface area (Å²) in [7, 11) is 1.85. The van der Waals surface area contributed by atoms with Gasteiger partial charge in [-0.3, -0.25) is 0 Å². The van der Waals surface area contributed by atoms with Gasteiger partial charge in [0.15, 0.2) is 0 Å². The predicted molar refractivity (Wildman–Crippen MR) is 78.7 cm³/mol. The normalized spacial score (nSPS) is 10.9. The number of aromatic nitrogens is 3. The fourth-order valence-corrected chi connectivity index (χ4v) is 1.72. The van der Waals surface area contributed by atoms with Gasteiger partial charge < -0.3 is 10.2 Å². The molecular weight excluding hydrogens is 280 g/mol. The molecule has 0 amide bonds. The second kappa shape index (κ2) is 5.75. The number of rotatable bonds is 3. The van der Waals surface area contributed by atoms with E-state index in [1.54, 1.807) is 19.1 Å². The molecule has 1 aromatic carbocycles. The number of nitrogens with one attached hydrogen (secondary N) is 1. The number of halogens is 1. The topological polar surface area (TPSA) is 104 Å². The van der Waals surface area contributed by atoms with E-state index in [0.717, 1.165) is 5.46 Å². The van der Waals surface area contributed by atoms with Crippen molar-refractivity contribution in [1.82, 2.24) is 15.2 Å². The summed E-state index contributed by atoms with van der Waals surface area (Å²) in [6.07, 6.45) is 1.37. The monoisotopic (exact) mass is 291 g/mol. The summed E-state index contributed by atoms with van der Waals surface area (Å²) in [6, 6.07) is 3.37. The van der Waals surface area contributed by atoms with Crippen LogP contribution < -0.4 is 10.9 Å². The van der Waals surface area contributed by atoms with Crippen LogP contribution in [0.3, 0.4) is 0 Å². The van der Waals surface area contributed by atoms with Crippen molar-refractivity contribution in [2.24, 2.45) is 5.10 Å². The van der Waals surface area contributed by atoms with E-state index < -0.39 is 0 Å². The van der Waals surface area contributed by atoms with E-state index in [9.17, 15) is 10.2 Å². The molecule has 1 heterocycles. The lowest BCUT2D eigenvalue weighted by Gasteiger charge is -2.03. The maximum absolute atomic E-state index is 9.77. The highest BCUT2D eigenvalue weighted by molar-refractivity contribution is 6.37. The van der Waals surface area contributed by atoms with Crippen LogP contribution in [0.15, 0.2) is 17.2 Å². The molecule has 9 heteroatoms. The van der Waals surface area contributed by atoms with Gasteiger partial charge >= 0.3 is 0 Å². The Balaban J connectivity index is 2.16. The second-order valence-electron chi connectivity index (χ2n) is 4.10. The summed E-state index contributed by atoms with van der Waals surface area (Å²) in [5.41, 5.74) is 4.16. The van der Waals surface area contributed by atoms with Crippen molar-refractivity contribution in [2.75, 3.05) is 5.43 Å². The van der Waals surface area contributed by atoms with E-state index in [4.69, 9.17) is 11.6 Å². The minimum absolute atomic E-state index is 0.0441. The molecule has 0 aliphatic heterocycles. The van der Waals surface area contributed by atoms with Crippen molar-refractivity contribution < 1.29 is 10.2 Å². The molecule has 0 saturated heterocycles. The van der Waals surface area contributed by atoms with E-state index in [1.807, 2.05) is 7.85 Å². The third-order valence-corrected chi connectivity index (χ3v) is 2.72. The average Bonchev–Trinajstić information content (AvgIpc) is 2.39. The number of phenolic OH excluding ortho intramolecular Hbond substituents is 1. The third kappa shape index (κ3) is 3.15. The molecule has 2 rings (SSSR count). The second-order valence-corrected chi connectivity index (χ2v) is 4.51. The number of hydrazone groups is 1. The molecule has 0 unspecified atom stereocenters. The number of anilines is 1. The zero-order valence-electron chi connectivity index (χ0n) is 10.8. The first kappa shape index (κ1) is 14.1. The Morgan fingerprint density at radius 3 is 2.80 bits per heavy atom. The van der Waals surface area contributed by atoms with Crippen molar-refractivity contribution in [2.45, 2.75) is 6.92 Å². The van der Waals surface area contributed by atoms with Gasteiger partial charge in [0.2, 0.25) is 5.88 Å². The fraction of sp³-hybridized carbons (Fsp3) is 0.0909. The minimum Gasteiger partial charge on any atom is -0.506 e. The highest BCUT2D eigenvalue weighted by atomic mass is 35.5. The first-order valence-corrected chi connectivity index (χ1v) is 6.03. The number of nitrogens with zero attached hydrogens (tertiary/aromatic N) is 4. The van der Waals surface area contributed by atoms with Crippen LogP contribution in [-0.2, 0) is 0 Å². The van der Waals surface area contributed by atoms with Crippen LogP contribution in [0.2, 0.25) is 5.02 Å². The predicted octanol–water partition coefficient (Wildman–Crippen LogP) is -0.0510. The molecule has 0 bridgehead atoms. The Hall–Kier alpha value is -2.35. The van der Waals surface area contributed by atoms with Gasteiger partial charge in [0.25, 0.3) is 5.95 Å². The summed E-state index contributed by atoms with van der Waals surface area (Å²) in [4.78, 5) is 3.73. The van der Waals surface area contributed by atoms with Gasteiger partial charge in [0, 0.05) is 5.56 Å². The first-order valence-electron chi connectivity index (χ1n) is 5.66. The van der Waals surface area contributed by atoms with Crippen LogP contribution in [0.5, 0.6) is 11.6 Å². The molecule has 0 radical (unpaired) electrons. The summed E-state index contributed by atoms with van der Waals surface area (Å²) < 4.78 is 0. The third-order valence-electron chi connectivity index (χ3n) is 2.44. The molecule has 0 atom stereocenters. The summed E-state index contributed by atoms with van der Waals surface area (Å²) in [5.74, 6) is -0.240. The molecule has 0 aliphatic carbocycles. The number of aromatic hydroxyl groups is 2. The fourth-order valence-electron chi connectivity index (χ4n) is 1.44. The average molecular weight is 292 g/mol. The maximum atomic E-state index is 9.77. The minimum atomic E-state index is -0.223. The molecule has 20 heavy (non-hydrogen) atoms. The van der Waals surface area contributed by atoms with Crippen LogP contribution in [0.1, 0.15) is 11.3 Å². The number of aryl methyl sites for hydroxylation is 1. The first-order chi connectivity index (χ1) is 9.47. The van der Waals surface area contributed by atoms with Crippen molar-refractivity contribution >= 4 is 37.1 Å². The summed E-state index contributed by atoms with van der Waals surface area (Å²) in [6.45, 7) is 1.58. The SMILES string of the molecule is Bc1cc(Cl)c(O)c(/C=N/Nc2nnc(C)c(O)n2)c1. The van der Waals surface area contributed by atoms with Crippen LogP contribution in [0.25, 0.3) is 0 Å². The van der Waals surface area contributed by atoms with E-state index >= 15 is 0 Å². The van der Waals surface area contributed by atoms with Crippen molar-refractivity contribution in [1.29, 1.82) is 0 Å². The van der Waals surface area contributed by atoms with Crippen LogP contribution in [0.4, 0.5) is 5.95 Å². The molecular formula is C11H11BClN5O2. The van der Waals surface area contributed by atoms with Crippen molar-refractivity contribution in [3.8, 4) is 11.6 Å². The van der Waals surface area contributed by atoms with Gasteiger partial charge in [0.05, 0.1) is 11.2 Å². The van der Waals surface area contributed by atoms with Crippen LogP contribution in [-0.4, -0.2) is 39.5 Å². The molecule has 0 aliphatic rings. The molecule has 0 spiro atoms. The number of hydrogen-bond donors (Lipinski definition) is 3. The Bertz CT molecular complexity index is 680. The Labute approximate surface area is 120 Å². The van der Waals surface area contributed by atoms with E-state index in [1.165, 1.54) is 6.21 Å². The van der Waals surface area contributed by atoms with Gasteiger partial charge in [-0.05, 0) is 13.0 Å². The largest absolute Gasteiger partial charge is 0.506 e. The standard InChI is InChI=1S/C11H11BClN5O2/c1-5-10(20)15-11(18-16-5)17-14-4-6-2-7(12)3-8(13)9(6)19/h2-4,19H,12H2,1H3,(H2,15,17,18,20)/b14-4+. The van der Waals surface area contributed by atoms with Crippen molar-refractivity contribution in [3.05, 3.63) is 28.4 Å². The lowest BCUT2D eigenvalue weighted by molar-refractivity contribution is 0.442. The molecule has 1 aromatic heterocycles. The zero-order valence-corrected chi connectivity index (χ0v) is 11.5. The molecule has 2 aromatic rings. The Morgan fingerprint density at radius 2 is 2.10 bits per heavy atom.